The summed E-state index contributed by atoms with van der Waals surface area (Å²) < 4.78 is 0. The highest BCUT2D eigenvalue weighted by atomic mass is 16.1. The van der Waals surface area contributed by atoms with E-state index in [4.69, 9.17) is 0 Å². The molecule has 0 aliphatic heterocycles. The van der Waals surface area contributed by atoms with Crippen molar-refractivity contribution in [1.82, 2.24) is 15.3 Å². The molecule has 0 aliphatic carbocycles. The van der Waals surface area contributed by atoms with Gasteiger partial charge >= 0.3 is 0 Å². The Morgan fingerprint density at radius 1 is 1.24 bits per heavy atom. The first kappa shape index (κ1) is 15.0. The van der Waals surface area contributed by atoms with Crippen LogP contribution < -0.4 is 10.2 Å². The van der Waals surface area contributed by atoms with E-state index in [1.807, 2.05) is 42.3 Å². The largest absolute Gasteiger partial charge is 0.350 e. The third-order valence-corrected chi connectivity index (χ3v) is 2.99. The van der Waals surface area contributed by atoms with Crippen molar-refractivity contribution < 1.29 is 4.79 Å². The van der Waals surface area contributed by atoms with Crippen LogP contribution in [-0.2, 0) is 0 Å². The molecule has 0 unspecified atom stereocenters. The van der Waals surface area contributed by atoms with Gasteiger partial charge < -0.3 is 10.2 Å². The lowest BCUT2D eigenvalue weighted by Crippen LogP contribution is -2.28. The summed E-state index contributed by atoms with van der Waals surface area (Å²) in [5.74, 6) is 0.731. The van der Waals surface area contributed by atoms with Crippen molar-refractivity contribution in [3.8, 4) is 0 Å². The van der Waals surface area contributed by atoms with Gasteiger partial charge in [0.2, 0.25) is 5.95 Å². The Balaban J connectivity index is 2.16. The Morgan fingerprint density at radius 2 is 1.95 bits per heavy atom. The van der Waals surface area contributed by atoms with Crippen molar-refractivity contribution in [1.29, 1.82) is 0 Å². The SMILES string of the molecule is CC(C)CNC(=O)c1ccnc(N(C)c2ccccc2)n1. The number of benzene rings is 1. The van der Waals surface area contributed by atoms with Gasteiger partial charge in [0.05, 0.1) is 0 Å². The van der Waals surface area contributed by atoms with Crippen LogP contribution in [-0.4, -0.2) is 29.5 Å². The number of para-hydroxylation sites is 1. The van der Waals surface area contributed by atoms with Crippen LogP contribution in [0.25, 0.3) is 0 Å². The van der Waals surface area contributed by atoms with E-state index < -0.39 is 0 Å². The lowest BCUT2D eigenvalue weighted by molar-refractivity contribution is 0.0944. The van der Waals surface area contributed by atoms with Gasteiger partial charge in [0, 0.05) is 25.5 Å². The van der Waals surface area contributed by atoms with Crippen LogP contribution >= 0.6 is 0 Å². The molecule has 0 fully saturated rings. The van der Waals surface area contributed by atoms with E-state index >= 15 is 0 Å². The quantitative estimate of drug-likeness (QED) is 0.917. The molecule has 1 N–H and O–H groups in total. The molecule has 2 aromatic rings. The highest BCUT2D eigenvalue weighted by molar-refractivity contribution is 5.92. The number of carbonyl (C=O) groups excluding carboxylic acids is 1. The summed E-state index contributed by atoms with van der Waals surface area (Å²) in [4.78, 5) is 22.4. The summed E-state index contributed by atoms with van der Waals surface area (Å²) in [5, 5.41) is 2.86. The molecule has 110 valence electrons. The molecular formula is C16H20N4O. The first-order chi connectivity index (χ1) is 10.1. The van der Waals surface area contributed by atoms with Crippen molar-refractivity contribution in [3.05, 3.63) is 48.3 Å². The Morgan fingerprint density at radius 3 is 2.62 bits per heavy atom. The fourth-order valence-corrected chi connectivity index (χ4v) is 1.79. The minimum Gasteiger partial charge on any atom is -0.350 e. The van der Waals surface area contributed by atoms with Crippen LogP contribution in [0.3, 0.4) is 0 Å². The molecule has 0 saturated heterocycles. The topological polar surface area (TPSA) is 58.1 Å². The Hall–Kier alpha value is -2.43. The van der Waals surface area contributed by atoms with Crippen molar-refractivity contribution in [2.24, 2.45) is 5.92 Å². The molecule has 0 bridgehead atoms. The van der Waals surface area contributed by atoms with Gasteiger partial charge in [-0.2, -0.15) is 0 Å². The predicted octanol–water partition coefficient (Wildman–Crippen LogP) is 2.63. The standard InChI is InChI=1S/C16H20N4O/c1-12(2)11-18-15(21)14-9-10-17-16(19-14)20(3)13-7-5-4-6-8-13/h4-10,12H,11H2,1-3H3,(H,18,21). The van der Waals surface area contributed by atoms with Gasteiger partial charge in [0.15, 0.2) is 0 Å². The maximum atomic E-state index is 12.0. The fourth-order valence-electron chi connectivity index (χ4n) is 1.79. The molecular weight excluding hydrogens is 264 g/mol. The van der Waals surface area contributed by atoms with Crippen molar-refractivity contribution >= 4 is 17.5 Å². The van der Waals surface area contributed by atoms with E-state index in [1.54, 1.807) is 12.3 Å². The predicted molar refractivity (Wildman–Crippen MR) is 83.7 cm³/mol. The fraction of sp³-hybridized carbons (Fsp3) is 0.312. The van der Waals surface area contributed by atoms with Gasteiger partial charge in [0.25, 0.3) is 5.91 Å². The Kier molecular flexibility index (Phi) is 4.87. The second-order valence-corrected chi connectivity index (χ2v) is 5.24. The molecule has 1 heterocycles. The highest BCUT2D eigenvalue weighted by Gasteiger charge is 2.12. The van der Waals surface area contributed by atoms with E-state index in [0.29, 0.717) is 24.1 Å². The Bertz CT molecular complexity index is 598. The smallest absolute Gasteiger partial charge is 0.270 e. The van der Waals surface area contributed by atoms with Crippen LogP contribution in [0.1, 0.15) is 24.3 Å². The van der Waals surface area contributed by atoms with Crippen LogP contribution in [0.2, 0.25) is 0 Å². The van der Waals surface area contributed by atoms with E-state index in [9.17, 15) is 4.79 Å². The van der Waals surface area contributed by atoms with Gasteiger partial charge in [-0.3, -0.25) is 4.79 Å². The molecule has 1 amide bonds. The maximum Gasteiger partial charge on any atom is 0.270 e. The third kappa shape index (κ3) is 4.02. The normalized spacial score (nSPS) is 10.5. The van der Waals surface area contributed by atoms with Crippen LogP contribution in [0.15, 0.2) is 42.6 Å². The molecule has 1 aromatic carbocycles. The summed E-state index contributed by atoms with van der Waals surface area (Å²) >= 11 is 0. The second-order valence-electron chi connectivity index (χ2n) is 5.24. The summed E-state index contributed by atoms with van der Waals surface area (Å²) in [7, 11) is 1.88. The summed E-state index contributed by atoms with van der Waals surface area (Å²) in [6.07, 6.45) is 1.60. The van der Waals surface area contributed by atoms with Crippen molar-refractivity contribution in [2.45, 2.75) is 13.8 Å². The first-order valence-corrected chi connectivity index (χ1v) is 6.98. The number of carbonyl (C=O) groups is 1. The summed E-state index contributed by atoms with van der Waals surface area (Å²) in [6, 6.07) is 11.4. The molecule has 5 heteroatoms. The van der Waals surface area contributed by atoms with Crippen LogP contribution in [0.5, 0.6) is 0 Å². The van der Waals surface area contributed by atoms with Gasteiger partial charge in [-0.05, 0) is 24.1 Å². The van der Waals surface area contributed by atoms with E-state index in [1.165, 1.54) is 0 Å². The Labute approximate surface area is 125 Å². The zero-order valence-corrected chi connectivity index (χ0v) is 12.6. The number of nitrogens with one attached hydrogen (secondary N) is 1. The number of hydrogen-bond acceptors (Lipinski definition) is 4. The zero-order valence-electron chi connectivity index (χ0n) is 12.6. The van der Waals surface area contributed by atoms with Crippen LogP contribution in [0, 0.1) is 5.92 Å². The summed E-state index contributed by atoms with van der Waals surface area (Å²) in [5.41, 5.74) is 1.35. The number of hydrogen-bond donors (Lipinski definition) is 1. The molecule has 1 aromatic heterocycles. The van der Waals surface area contributed by atoms with Crippen LogP contribution in [0.4, 0.5) is 11.6 Å². The highest BCUT2D eigenvalue weighted by Crippen LogP contribution is 2.18. The van der Waals surface area contributed by atoms with Gasteiger partial charge in [0.1, 0.15) is 5.69 Å². The number of aromatic nitrogens is 2. The molecule has 0 saturated carbocycles. The van der Waals surface area contributed by atoms with E-state index in [2.05, 4.69) is 29.1 Å². The number of anilines is 2. The average Bonchev–Trinajstić information content (AvgIpc) is 2.52. The lowest BCUT2D eigenvalue weighted by Gasteiger charge is -2.17. The number of rotatable bonds is 5. The monoisotopic (exact) mass is 284 g/mol. The minimum atomic E-state index is -0.172. The molecule has 2 rings (SSSR count). The third-order valence-electron chi connectivity index (χ3n) is 2.99. The minimum absolute atomic E-state index is 0.172. The zero-order chi connectivity index (χ0) is 15.2. The molecule has 0 radical (unpaired) electrons. The van der Waals surface area contributed by atoms with Crippen molar-refractivity contribution in [3.63, 3.8) is 0 Å². The molecule has 0 atom stereocenters. The molecule has 5 nitrogen and oxygen atoms in total. The van der Waals surface area contributed by atoms with E-state index in [0.717, 1.165) is 5.69 Å². The molecule has 0 aliphatic rings. The molecule has 21 heavy (non-hydrogen) atoms. The first-order valence-electron chi connectivity index (χ1n) is 6.98. The van der Waals surface area contributed by atoms with E-state index in [-0.39, 0.29) is 5.91 Å². The number of nitrogens with zero attached hydrogens (tertiary/aromatic N) is 3. The number of amides is 1. The summed E-state index contributed by atoms with van der Waals surface area (Å²) in [6.45, 7) is 4.73. The van der Waals surface area contributed by atoms with Gasteiger partial charge in [-0.1, -0.05) is 32.0 Å². The maximum absolute atomic E-state index is 12.0. The average molecular weight is 284 g/mol. The molecule has 0 spiro atoms. The second kappa shape index (κ2) is 6.83. The van der Waals surface area contributed by atoms with Gasteiger partial charge in [-0.15, -0.1) is 0 Å². The van der Waals surface area contributed by atoms with Crippen molar-refractivity contribution in [2.75, 3.05) is 18.5 Å². The lowest BCUT2D eigenvalue weighted by atomic mass is 10.2. The van der Waals surface area contributed by atoms with Gasteiger partial charge in [-0.25, -0.2) is 9.97 Å².